The van der Waals surface area contributed by atoms with Crippen LogP contribution in [0.1, 0.15) is 19.8 Å². The highest BCUT2D eigenvalue weighted by atomic mass is 32.1. The SMILES string of the molecule is CCCC(C(=O)Nc1cc(OC)ccc1OC)C(N)=S. The highest BCUT2D eigenvalue weighted by molar-refractivity contribution is 7.80. The van der Waals surface area contributed by atoms with Crippen LogP contribution in [0.25, 0.3) is 0 Å². The van der Waals surface area contributed by atoms with Crippen molar-refractivity contribution in [3.8, 4) is 11.5 Å². The van der Waals surface area contributed by atoms with Crippen molar-refractivity contribution < 1.29 is 14.3 Å². The third-order valence-electron chi connectivity index (χ3n) is 2.90. The van der Waals surface area contributed by atoms with Gasteiger partial charge in [0, 0.05) is 6.07 Å². The summed E-state index contributed by atoms with van der Waals surface area (Å²) in [6, 6.07) is 5.18. The molecule has 0 heterocycles. The van der Waals surface area contributed by atoms with Gasteiger partial charge in [-0.05, 0) is 18.6 Å². The molecule has 0 bridgehead atoms. The van der Waals surface area contributed by atoms with Crippen molar-refractivity contribution in [3.63, 3.8) is 0 Å². The first-order valence-electron chi connectivity index (χ1n) is 6.35. The zero-order chi connectivity index (χ0) is 15.1. The second-order valence-corrected chi connectivity index (χ2v) is 4.77. The fourth-order valence-electron chi connectivity index (χ4n) is 1.82. The van der Waals surface area contributed by atoms with Crippen LogP contribution in [0, 0.1) is 5.92 Å². The van der Waals surface area contributed by atoms with Gasteiger partial charge in [0.25, 0.3) is 0 Å². The van der Waals surface area contributed by atoms with Crippen LogP contribution in [-0.2, 0) is 4.79 Å². The molecule has 6 heteroatoms. The first kappa shape index (κ1) is 16.2. The van der Waals surface area contributed by atoms with Gasteiger partial charge in [0.05, 0.1) is 30.8 Å². The average Bonchev–Trinajstić information content (AvgIpc) is 2.44. The molecule has 0 saturated carbocycles. The van der Waals surface area contributed by atoms with Crippen LogP contribution >= 0.6 is 12.2 Å². The molecule has 1 unspecified atom stereocenters. The largest absolute Gasteiger partial charge is 0.497 e. The molecule has 1 aromatic carbocycles. The second-order valence-electron chi connectivity index (χ2n) is 4.30. The van der Waals surface area contributed by atoms with Crippen molar-refractivity contribution in [1.82, 2.24) is 0 Å². The lowest BCUT2D eigenvalue weighted by Gasteiger charge is -2.16. The van der Waals surface area contributed by atoms with Crippen molar-refractivity contribution in [1.29, 1.82) is 0 Å². The number of carbonyl (C=O) groups is 1. The van der Waals surface area contributed by atoms with Gasteiger partial charge in [-0.1, -0.05) is 25.6 Å². The van der Waals surface area contributed by atoms with Gasteiger partial charge < -0.3 is 20.5 Å². The van der Waals surface area contributed by atoms with Gasteiger partial charge in [-0.15, -0.1) is 0 Å². The van der Waals surface area contributed by atoms with Crippen LogP contribution in [0.2, 0.25) is 0 Å². The molecule has 0 aliphatic carbocycles. The Hall–Kier alpha value is -1.82. The zero-order valence-corrected chi connectivity index (χ0v) is 12.8. The van der Waals surface area contributed by atoms with E-state index in [-0.39, 0.29) is 10.9 Å². The van der Waals surface area contributed by atoms with E-state index in [2.05, 4.69) is 5.32 Å². The number of rotatable bonds is 7. The number of benzene rings is 1. The topological polar surface area (TPSA) is 73.6 Å². The Bertz CT molecular complexity index is 491. The minimum absolute atomic E-state index is 0.200. The second kappa shape index (κ2) is 7.69. The van der Waals surface area contributed by atoms with E-state index in [1.807, 2.05) is 6.92 Å². The maximum Gasteiger partial charge on any atom is 0.234 e. The van der Waals surface area contributed by atoms with Gasteiger partial charge in [-0.25, -0.2) is 0 Å². The summed E-state index contributed by atoms with van der Waals surface area (Å²) in [6.07, 6.45) is 1.44. The van der Waals surface area contributed by atoms with E-state index in [4.69, 9.17) is 27.4 Å². The highest BCUT2D eigenvalue weighted by Crippen LogP contribution is 2.29. The molecule has 0 aliphatic heterocycles. The highest BCUT2D eigenvalue weighted by Gasteiger charge is 2.21. The van der Waals surface area contributed by atoms with Crippen LogP contribution < -0.4 is 20.5 Å². The molecule has 0 spiro atoms. The van der Waals surface area contributed by atoms with E-state index in [9.17, 15) is 4.79 Å². The van der Waals surface area contributed by atoms with Crippen LogP contribution in [-0.4, -0.2) is 25.1 Å². The number of hydrogen-bond acceptors (Lipinski definition) is 4. The van der Waals surface area contributed by atoms with Crippen molar-refractivity contribution in [2.45, 2.75) is 19.8 Å². The van der Waals surface area contributed by atoms with Gasteiger partial charge in [0.1, 0.15) is 11.5 Å². The first-order chi connectivity index (χ1) is 9.53. The van der Waals surface area contributed by atoms with Crippen molar-refractivity contribution in [2.24, 2.45) is 11.7 Å². The minimum atomic E-state index is -0.481. The van der Waals surface area contributed by atoms with E-state index in [1.165, 1.54) is 7.11 Å². The number of nitrogens with one attached hydrogen (secondary N) is 1. The maximum atomic E-state index is 12.2. The number of carbonyl (C=O) groups excluding carboxylic acids is 1. The summed E-state index contributed by atoms with van der Waals surface area (Å²) in [6.45, 7) is 1.98. The number of ether oxygens (including phenoxy) is 2. The summed E-state index contributed by atoms with van der Waals surface area (Å²) in [7, 11) is 3.09. The number of anilines is 1. The summed E-state index contributed by atoms with van der Waals surface area (Å²) >= 11 is 4.95. The molecular formula is C14H20N2O3S. The quantitative estimate of drug-likeness (QED) is 0.756. The molecule has 110 valence electrons. The normalized spacial score (nSPS) is 11.6. The number of methoxy groups -OCH3 is 2. The molecule has 0 aliphatic rings. The van der Waals surface area contributed by atoms with E-state index in [0.717, 1.165) is 6.42 Å². The average molecular weight is 296 g/mol. The molecule has 1 atom stereocenters. The van der Waals surface area contributed by atoms with Crippen LogP contribution in [0.3, 0.4) is 0 Å². The molecule has 1 amide bonds. The molecule has 5 nitrogen and oxygen atoms in total. The fourth-order valence-corrected chi connectivity index (χ4v) is 2.05. The Morgan fingerprint density at radius 1 is 1.40 bits per heavy atom. The monoisotopic (exact) mass is 296 g/mol. The molecule has 0 aromatic heterocycles. The molecule has 0 fully saturated rings. The molecule has 0 radical (unpaired) electrons. The fraction of sp³-hybridized carbons (Fsp3) is 0.429. The van der Waals surface area contributed by atoms with Crippen molar-refractivity contribution in [3.05, 3.63) is 18.2 Å². The van der Waals surface area contributed by atoms with E-state index in [1.54, 1.807) is 25.3 Å². The molecule has 20 heavy (non-hydrogen) atoms. The third-order valence-corrected chi connectivity index (χ3v) is 3.19. The van der Waals surface area contributed by atoms with Crippen molar-refractivity contribution >= 4 is 28.8 Å². The first-order valence-corrected chi connectivity index (χ1v) is 6.76. The number of hydrogen-bond donors (Lipinski definition) is 2. The third kappa shape index (κ3) is 4.09. The maximum absolute atomic E-state index is 12.2. The number of thiocarbonyl (C=S) groups is 1. The summed E-state index contributed by atoms with van der Waals surface area (Å²) in [5.74, 6) is 0.470. The predicted octanol–water partition coefficient (Wildman–Crippen LogP) is 2.34. The Kier molecular flexibility index (Phi) is 6.24. The van der Waals surface area contributed by atoms with Gasteiger partial charge >= 0.3 is 0 Å². The Morgan fingerprint density at radius 3 is 2.60 bits per heavy atom. The van der Waals surface area contributed by atoms with Gasteiger partial charge in [-0.2, -0.15) is 0 Å². The Balaban J connectivity index is 2.95. The van der Waals surface area contributed by atoms with Crippen molar-refractivity contribution in [2.75, 3.05) is 19.5 Å². The van der Waals surface area contributed by atoms with Crippen LogP contribution in [0.5, 0.6) is 11.5 Å². The summed E-state index contributed by atoms with van der Waals surface area (Å²) in [5, 5.41) is 2.79. The molecular weight excluding hydrogens is 276 g/mol. The number of amides is 1. The molecule has 1 aromatic rings. The molecule has 0 saturated heterocycles. The lowest BCUT2D eigenvalue weighted by Crippen LogP contribution is -2.33. The molecule has 1 rings (SSSR count). The van der Waals surface area contributed by atoms with Gasteiger partial charge in [0.15, 0.2) is 0 Å². The molecule has 3 N–H and O–H groups in total. The Labute approximate surface area is 124 Å². The summed E-state index contributed by atoms with van der Waals surface area (Å²) in [5.41, 5.74) is 6.15. The van der Waals surface area contributed by atoms with E-state index in [0.29, 0.717) is 23.6 Å². The van der Waals surface area contributed by atoms with Crippen LogP contribution in [0.4, 0.5) is 5.69 Å². The van der Waals surface area contributed by atoms with Gasteiger partial charge in [0.2, 0.25) is 5.91 Å². The summed E-state index contributed by atoms with van der Waals surface area (Å²) in [4.78, 5) is 12.4. The van der Waals surface area contributed by atoms with E-state index < -0.39 is 5.92 Å². The minimum Gasteiger partial charge on any atom is -0.497 e. The zero-order valence-electron chi connectivity index (χ0n) is 11.9. The number of nitrogens with two attached hydrogens (primary N) is 1. The Morgan fingerprint density at radius 2 is 2.10 bits per heavy atom. The van der Waals surface area contributed by atoms with Crippen LogP contribution in [0.15, 0.2) is 18.2 Å². The van der Waals surface area contributed by atoms with Gasteiger partial charge in [-0.3, -0.25) is 4.79 Å². The lowest BCUT2D eigenvalue weighted by molar-refractivity contribution is -0.118. The summed E-state index contributed by atoms with van der Waals surface area (Å²) < 4.78 is 10.3. The smallest absolute Gasteiger partial charge is 0.234 e. The lowest BCUT2D eigenvalue weighted by atomic mass is 10.0. The van der Waals surface area contributed by atoms with E-state index >= 15 is 0 Å². The predicted molar refractivity (Wildman–Crippen MR) is 83.4 cm³/mol. The standard InChI is InChI=1S/C14H20N2O3S/c1-4-5-10(13(15)20)14(17)16-11-8-9(18-2)6-7-12(11)19-3/h6-8,10H,4-5H2,1-3H3,(H2,15,20)(H,16,17).